The maximum atomic E-state index is 6.05. The van der Waals surface area contributed by atoms with Gasteiger partial charge in [-0.05, 0) is 33.1 Å². The molecule has 1 unspecified atom stereocenters. The summed E-state index contributed by atoms with van der Waals surface area (Å²) in [5.74, 6) is 2.57. The fourth-order valence-electron chi connectivity index (χ4n) is 1.68. The molecular formula is C13H22N4O. The zero-order valence-electron chi connectivity index (χ0n) is 11.4. The molecule has 2 rings (SSSR count). The first-order valence-electron chi connectivity index (χ1n) is 6.72. The molecule has 1 heterocycles. The van der Waals surface area contributed by atoms with Gasteiger partial charge in [0.05, 0.1) is 6.61 Å². The van der Waals surface area contributed by atoms with E-state index in [-0.39, 0.29) is 0 Å². The third-order valence-corrected chi connectivity index (χ3v) is 3.15. The van der Waals surface area contributed by atoms with E-state index < -0.39 is 0 Å². The Morgan fingerprint density at radius 1 is 1.39 bits per heavy atom. The highest BCUT2D eigenvalue weighted by Crippen LogP contribution is 2.40. The van der Waals surface area contributed by atoms with Crippen molar-refractivity contribution in [3.05, 3.63) is 5.82 Å². The van der Waals surface area contributed by atoms with Crippen LogP contribution in [0.15, 0.2) is 0 Å². The van der Waals surface area contributed by atoms with Crippen LogP contribution in [0.1, 0.15) is 51.8 Å². The fourth-order valence-corrected chi connectivity index (χ4v) is 1.68. The predicted molar refractivity (Wildman–Crippen MR) is 73.0 cm³/mol. The molecule has 5 heteroatoms. The van der Waals surface area contributed by atoms with Gasteiger partial charge in [-0.3, -0.25) is 0 Å². The van der Waals surface area contributed by atoms with Crippen molar-refractivity contribution in [3.63, 3.8) is 0 Å². The first kappa shape index (κ1) is 12.9. The Hall–Kier alpha value is -1.52. The van der Waals surface area contributed by atoms with Crippen LogP contribution in [0.5, 0.6) is 5.88 Å². The summed E-state index contributed by atoms with van der Waals surface area (Å²) in [7, 11) is 0. The lowest BCUT2D eigenvalue weighted by atomic mass is 10.2. The van der Waals surface area contributed by atoms with Crippen molar-refractivity contribution in [2.75, 3.05) is 17.7 Å². The molecule has 100 valence electrons. The van der Waals surface area contributed by atoms with Crippen LogP contribution in [0.3, 0.4) is 0 Å². The zero-order valence-corrected chi connectivity index (χ0v) is 11.4. The molecule has 0 radical (unpaired) electrons. The van der Waals surface area contributed by atoms with Gasteiger partial charge in [0.2, 0.25) is 5.88 Å². The van der Waals surface area contributed by atoms with Crippen LogP contribution in [-0.2, 0) is 0 Å². The van der Waals surface area contributed by atoms with Crippen molar-refractivity contribution >= 4 is 11.5 Å². The Kier molecular flexibility index (Phi) is 3.89. The lowest BCUT2D eigenvalue weighted by molar-refractivity contribution is 0.327. The van der Waals surface area contributed by atoms with E-state index in [1.165, 1.54) is 0 Å². The van der Waals surface area contributed by atoms with E-state index in [2.05, 4.69) is 29.1 Å². The van der Waals surface area contributed by atoms with E-state index in [1.807, 2.05) is 6.92 Å². The predicted octanol–water partition coefficient (Wildman–Crippen LogP) is 2.55. The number of hydrogen-bond acceptors (Lipinski definition) is 5. The van der Waals surface area contributed by atoms with Gasteiger partial charge in [0.25, 0.3) is 0 Å². The SMILES string of the molecule is CCOc1nc(C2CC2)nc(NC(C)CC)c1N. The van der Waals surface area contributed by atoms with Crippen LogP contribution in [0.2, 0.25) is 0 Å². The molecular weight excluding hydrogens is 228 g/mol. The topological polar surface area (TPSA) is 73.1 Å². The number of nitrogens with one attached hydrogen (secondary N) is 1. The number of nitrogens with two attached hydrogens (primary N) is 1. The average molecular weight is 250 g/mol. The van der Waals surface area contributed by atoms with Crippen LogP contribution in [0.25, 0.3) is 0 Å². The molecule has 1 aromatic rings. The molecule has 1 aliphatic carbocycles. The van der Waals surface area contributed by atoms with E-state index >= 15 is 0 Å². The maximum absolute atomic E-state index is 6.05. The van der Waals surface area contributed by atoms with Crippen LogP contribution < -0.4 is 15.8 Å². The third kappa shape index (κ3) is 2.83. The minimum absolute atomic E-state index is 0.337. The van der Waals surface area contributed by atoms with Crippen molar-refractivity contribution < 1.29 is 4.74 Å². The normalized spacial score (nSPS) is 16.4. The fraction of sp³-hybridized carbons (Fsp3) is 0.692. The molecule has 0 aromatic carbocycles. The summed E-state index contributed by atoms with van der Waals surface area (Å²) < 4.78 is 5.50. The number of anilines is 2. The van der Waals surface area contributed by atoms with E-state index in [9.17, 15) is 0 Å². The molecule has 0 saturated heterocycles. The average Bonchev–Trinajstić information content (AvgIpc) is 3.18. The standard InChI is InChI=1S/C13H22N4O/c1-4-8(3)15-12-10(14)13(18-5-2)17-11(16-12)9-6-7-9/h8-9H,4-7,14H2,1-3H3,(H,15,16,17). The van der Waals surface area contributed by atoms with Gasteiger partial charge in [0.15, 0.2) is 5.82 Å². The second-order valence-electron chi connectivity index (χ2n) is 4.81. The summed E-state index contributed by atoms with van der Waals surface area (Å²) in [5.41, 5.74) is 6.56. The van der Waals surface area contributed by atoms with E-state index in [0.717, 1.165) is 25.1 Å². The van der Waals surface area contributed by atoms with Crippen LogP contribution in [0, 0.1) is 0 Å². The summed E-state index contributed by atoms with van der Waals surface area (Å²) in [5, 5.41) is 3.33. The second-order valence-corrected chi connectivity index (χ2v) is 4.81. The Balaban J connectivity index is 2.29. The van der Waals surface area contributed by atoms with Crippen LogP contribution in [-0.4, -0.2) is 22.6 Å². The second kappa shape index (κ2) is 5.42. The first-order valence-corrected chi connectivity index (χ1v) is 6.72. The number of rotatable bonds is 6. The number of ether oxygens (including phenoxy) is 1. The van der Waals surface area contributed by atoms with E-state index in [1.54, 1.807) is 0 Å². The van der Waals surface area contributed by atoms with Gasteiger partial charge < -0.3 is 15.8 Å². The highest BCUT2D eigenvalue weighted by Gasteiger charge is 2.28. The van der Waals surface area contributed by atoms with Crippen molar-refractivity contribution in [1.82, 2.24) is 9.97 Å². The molecule has 3 N–H and O–H groups in total. The van der Waals surface area contributed by atoms with Crippen LogP contribution in [0.4, 0.5) is 11.5 Å². The molecule has 0 aliphatic heterocycles. The summed E-state index contributed by atoms with van der Waals surface area (Å²) in [4.78, 5) is 8.96. The minimum Gasteiger partial charge on any atom is -0.476 e. The Morgan fingerprint density at radius 3 is 2.67 bits per heavy atom. The monoisotopic (exact) mass is 250 g/mol. The van der Waals surface area contributed by atoms with Crippen molar-refractivity contribution in [1.29, 1.82) is 0 Å². The summed E-state index contributed by atoms with van der Waals surface area (Å²) >= 11 is 0. The molecule has 18 heavy (non-hydrogen) atoms. The van der Waals surface area contributed by atoms with Crippen LogP contribution >= 0.6 is 0 Å². The van der Waals surface area contributed by atoms with E-state index in [4.69, 9.17) is 10.5 Å². The molecule has 1 aliphatic rings. The summed E-state index contributed by atoms with van der Waals surface area (Å²) in [6.45, 7) is 6.73. The number of aromatic nitrogens is 2. The van der Waals surface area contributed by atoms with E-state index in [0.29, 0.717) is 36.0 Å². The third-order valence-electron chi connectivity index (χ3n) is 3.15. The van der Waals surface area contributed by atoms with Gasteiger partial charge in [-0.15, -0.1) is 0 Å². The Morgan fingerprint density at radius 2 is 2.11 bits per heavy atom. The lowest BCUT2D eigenvalue weighted by Gasteiger charge is -2.16. The molecule has 0 bridgehead atoms. The molecule has 1 aromatic heterocycles. The highest BCUT2D eigenvalue weighted by molar-refractivity contribution is 5.67. The minimum atomic E-state index is 0.337. The molecule has 1 fully saturated rings. The van der Waals surface area contributed by atoms with Crippen molar-refractivity contribution in [3.8, 4) is 5.88 Å². The maximum Gasteiger partial charge on any atom is 0.242 e. The lowest BCUT2D eigenvalue weighted by Crippen LogP contribution is -2.17. The van der Waals surface area contributed by atoms with Gasteiger partial charge in [0.1, 0.15) is 11.5 Å². The smallest absolute Gasteiger partial charge is 0.242 e. The van der Waals surface area contributed by atoms with Gasteiger partial charge >= 0.3 is 0 Å². The first-order chi connectivity index (χ1) is 8.65. The highest BCUT2D eigenvalue weighted by atomic mass is 16.5. The van der Waals surface area contributed by atoms with Crippen molar-refractivity contribution in [2.24, 2.45) is 0 Å². The number of hydrogen-bond donors (Lipinski definition) is 2. The van der Waals surface area contributed by atoms with Gasteiger partial charge in [0, 0.05) is 12.0 Å². The molecule has 1 saturated carbocycles. The summed E-state index contributed by atoms with van der Waals surface area (Å²) in [6, 6.07) is 0.337. The molecule has 1 atom stereocenters. The quantitative estimate of drug-likeness (QED) is 0.811. The van der Waals surface area contributed by atoms with Gasteiger partial charge in [-0.2, -0.15) is 4.98 Å². The molecule has 0 amide bonds. The van der Waals surface area contributed by atoms with Gasteiger partial charge in [-0.1, -0.05) is 6.92 Å². The molecule has 0 spiro atoms. The molecule has 5 nitrogen and oxygen atoms in total. The number of nitrogens with zero attached hydrogens (tertiary/aromatic N) is 2. The van der Waals surface area contributed by atoms with Gasteiger partial charge in [-0.25, -0.2) is 4.98 Å². The number of nitrogen functional groups attached to an aromatic ring is 1. The Labute approximate surface area is 108 Å². The largest absolute Gasteiger partial charge is 0.476 e. The summed E-state index contributed by atoms with van der Waals surface area (Å²) in [6.07, 6.45) is 3.35. The zero-order chi connectivity index (χ0) is 13.1. The Bertz CT molecular complexity index is 418. The van der Waals surface area contributed by atoms with Crippen molar-refractivity contribution in [2.45, 2.75) is 52.0 Å².